The number of alkyl halides is 3. The first kappa shape index (κ1) is 12.4. The molecule has 0 aliphatic heterocycles. The highest BCUT2D eigenvalue weighted by molar-refractivity contribution is 5.51. The molecule has 0 aliphatic carbocycles. The van der Waals surface area contributed by atoms with E-state index in [2.05, 4.69) is 17.2 Å². The molecular formula is C11H11F3N2. The highest BCUT2D eigenvalue weighted by Gasteiger charge is 2.33. The summed E-state index contributed by atoms with van der Waals surface area (Å²) in [6.07, 6.45) is -4.43. The number of nitrogens with one attached hydrogen (secondary N) is 1. The number of halogens is 3. The SMILES string of the molecule is CNCC#Cc1ccc(N)cc1C(F)(F)F. The van der Waals surface area contributed by atoms with Gasteiger partial charge >= 0.3 is 6.18 Å². The normalized spacial score (nSPS) is 10.8. The lowest BCUT2D eigenvalue weighted by Gasteiger charge is -2.09. The zero-order valence-corrected chi connectivity index (χ0v) is 8.65. The second-order valence-corrected chi connectivity index (χ2v) is 3.13. The molecule has 0 spiro atoms. The molecule has 0 heterocycles. The van der Waals surface area contributed by atoms with Crippen molar-refractivity contribution in [2.75, 3.05) is 19.3 Å². The van der Waals surface area contributed by atoms with Crippen molar-refractivity contribution in [2.45, 2.75) is 6.18 Å². The standard InChI is InChI=1S/C11H11F3N2/c1-16-6-2-3-8-4-5-9(15)7-10(8)11(12,13)14/h4-5,7,16H,6,15H2,1H3. The highest BCUT2D eigenvalue weighted by atomic mass is 19.4. The van der Waals surface area contributed by atoms with Gasteiger partial charge in [-0.25, -0.2) is 0 Å². The Morgan fingerprint density at radius 3 is 2.62 bits per heavy atom. The molecule has 5 heteroatoms. The van der Waals surface area contributed by atoms with Gasteiger partial charge in [0, 0.05) is 11.3 Å². The van der Waals surface area contributed by atoms with Gasteiger partial charge in [0.15, 0.2) is 0 Å². The van der Waals surface area contributed by atoms with Gasteiger partial charge in [0.2, 0.25) is 0 Å². The maximum Gasteiger partial charge on any atom is 0.417 e. The Bertz CT molecular complexity index is 427. The summed E-state index contributed by atoms with van der Waals surface area (Å²) >= 11 is 0. The molecule has 16 heavy (non-hydrogen) atoms. The van der Waals surface area contributed by atoms with Crippen LogP contribution < -0.4 is 11.1 Å². The summed E-state index contributed by atoms with van der Waals surface area (Å²) in [6.45, 7) is 0.335. The first-order valence-corrected chi connectivity index (χ1v) is 4.55. The summed E-state index contributed by atoms with van der Waals surface area (Å²) in [5.41, 5.74) is 4.54. The lowest BCUT2D eigenvalue weighted by Crippen LogP contribution is -2.09. The first-order chi connectivity index (χ1) is 7.45. The molecule has 1 aromatic rings. The van der Waals surface area contributed by atoms with E-state index < -0.39 is 11.7 Å². The highest BCUT2D eigenvalue weighted by Crippen LogP contribution is 2.32. The molecule has 0 atom stereocenters. The minimum absolute atomic E-state index is 0.0584. The third-order valence-corrected chi connectivity index (χ3v) is 1.84. The Balaban J connectivity index is 3.15. The molecule has 1 rings (SSSR count). The fourth-order valence-corrected chi connectivity index (χ4v) is 1.13. The maximum absolute atomic E-state index is 12.6. The van der Waals surface area contributed by atoms with Gasteiger partial charge in [-0.15, -0.1) is 0 Å². The third kappa shape index (κ3) is 3.17. The second-order valence-electron chi connectivity index (χ2n) is 3.13. The van der Waals surface area contributed by atoms with E-state index in [1.165, 1.54) is 12.1 Å². The number of nitrogen functional groups attached to an aromatic ring is 1. The van der Waals surface area contributed by atoms with Crippen LogP contribution in [0.5, 0.6) is 0 Å². The molecule has 0 saturated carbocycles. The molecule has 3 N–H and O–H groups in total. The van der Waals surface area contributed by atoms with E-state index >= 15 is 0 Å². The molecule has 0 aliphatic rings. The summed E-state index contributed by atoms with van der Waals surface area (Å²) in [4.78, 5) is 0. The maximum atomic E-state index is 12.6. The van der Waals surface area contributed by atoms with Crippen LogP contribution in [0.2, 0.25) is 0 Å². The lowest BCUT2D eigenvalue weighted by molar-refractivity contribution is -0.137. The van der Waals surface area contributed by atoms with Crippen LogP contribution in [-0.4, -0.2) is 13.6 Å². The Labute approximate surface area is 91.6 Å². The van der Waals surface area contributed by atoms with Crippen LogP contribution >= 0.6 is 0 Å². The molecule has 0 radical (unpaired) electrons. The van der Waals surface area contributed by atoms with Crippen molar-refractivity contribution in [1.82, 2.24) is 5.32 Å². The van der Waals surface area contributed by atoms with Gasteiger partial charge < -0.3 is 11.1 Å². The van der Waals surface area contributed by atoms with Gasteiger partial charge in [0.05, 0.1) is 12.1 Å². The number of benzene rings is 1. The molecule has 86 valence electrons. The predicted molar refractivity (Wildman–Crippen MR) is 56.7 cm³/mol. The molecule has 0 amide bonds. The summed E-state index contributed by atoms with van der Waals surface area (Å²) < 4.78 is 37.8. The zero-order chi connectivity index (χ0) is 12.2. The quantitative estimate of drug-likeness (QED) is 0.568. The number of anilines is 1. The fourth-order valence-electron chi connectivity index (χ4n) is 1.13. The Kier molecular flexibility index (Phi) is 3.80. The summed E-state index contributed by atoms with van der Waals surface area (Å²) in [6, 6.07) is 3.57. The number of hydrogen-bond acceptors (Lipinski definition) is 2. The lowest BCUT2D eigenvalue weighted by atomic mass is 10.1. The second kappa shape index (κ2) is 4.90. The van der Waals surface area contributed by atoms with E-state index in [4.69, 9.17) is 5.73 Å². The Morgan fingerprint density at radius 2 is 2.06 bits per heavy atom. The monoisotopic (exact) mass is 228 g/mol. The predicted octanol–water partition coefficient (Wildman–Crippen LogP) is 1.86. The molecule has 1 aromatic carbocycles. The number of rotatable bonds is 1. The van der Waals surface area contributed by atoms with Crippen molar-refractivity contribution in [2.24, 2.45) is 0 Å². The summed E-state index contributed by atoms with van der Waals surface area (Å²) in [5, 5.41) is 2.73. The van der Waals surface area contributed by atoms with Crippen LogP contribution in [0, 0.1) is 11.8 Å². The molecular weight excluding hydrogens is 217 g/mol. The molecule has 2 nitrogen and oxygen atoms in total. The van der Waals surface area contributed by atoms with Crippen molar-refractivity contribution in [3.05, 3.63) is 29.3 Å². The van der Waals surface area contributed by atoms with E-state index in [0.29, 0.717) is 6.54 Å². The molecule has 0 bridgehead atoms. The molecule has 0 saturated heterocycles. The Morgan fingerprint density at radius 1 is 1.38 bits per heavy atom. The van der Waals surface area contributed by atoms with Crippen LogP contribution in [0.4, 0.5) is 18.9 Å². The molecule has 0 aromatic heterocycles. The van der Waals surface area contributed by atoms with Crippen LogP contribution in [0.15, 0.2) is 18.2 Å². The summed E-state index contributed by atoms with van der Waals surface area (Å²) in [5.74, 6) is 5.04. The first-order valence-electron chi connectivity index (χ1n) is 4.55. The van der Waals surface area contributed by atoms with Crippen LogP contribution in [-0.2, 0) is 6.18 Å². The number of nitrogens with two attached hydrogens (primary N) is 1. The topological polar surface area (TPSA) is 38.0 Å². The van der Waals surface area contributed by atoms with E-state index in [-0.39, 0.29) is 11.3 Å². The third-order valence-electron chi connectivity index (χ3n) is 1.84. The minimum atomic E-state index is -4.43. The van der Waals surface area contributed by atoms with Crippen molar-refractivity contribution in [1.29, 1.82) is 0 Å². The van der Waals surface area contributed by atoms with Gasteiger partial charge in [0.1, 0.15) is 0 Å². The van der Waals surface area contributed by atoms with Crippen molar-refractivity contribution < 1.29 is 13.2 Å². The summed E-state index contributed by atoms with van der Waals surface area (Å²) in [7, 11) is 1.67. The minimum Gasteiger partial charge on any atom is -0.399 e. The van der Waals surface area contributed by atoms with Gasteiger partial charge in [-0.1, -0.05) is 11.8 Å². The molecule has 0 unspecified atom stereocenters. The van der Waals surface area contributed by atoms with E-state index in [1.807, 2.05) is 0 Å². The largest absolute Gasteiger partial charge is 0.417 e. The number of hydrogen-bond donors (Lipinski definition) is 2. The van der Waals surface area contributed by atoms with Crippen LogP contribution in [0.1, 0.15) is 11.1 Å². The van der Waals surface area contributed by atoms with E-state index in [9.17, 15) is 13.2 Å². The van der Waals surface area contributed by atoms with Gasteiger partial charge in [0.25, 0.3) is 0 Å². The van der Waals surface area contributed by atoms with Crippen LogP contribution in [0.25, 0.3) is 0 Å². The molecule has 0 fully saturated rings. The average Bonchev–Trinajstić information content (AvgIpc) is 2.19. The van der Waals surface area contributed by atoms with Crippen molar-refractivity contribution in [3.63, 3.8) is 0 Å². The smallest absolute Gasteiger partial charge is 0.399 e. The average molecular weight is 228 g/mol. The van der Waals surface area contributed by atoms with Gasteiger partial charge in [-0.3, -0.25) is 0 Å². The fraction of sp³-hybridized carbons (Fsp3) is 0.273. The van der Waals surface area contributed by atoms with Crippen LogP contribution in [0.3, 0.4) is 0 Å². The Hall–Kier alpha value is -1.67. The van der Waals surface area contributed by atoms with E-state index in [0.717, 1.165) is 6.07 Å². The van der Waals surface area contributed by atoms with E-state index in [1.54, 1.807) is 7.05 Å². The van der Waals surface area contributed by atoms with Crippen molar-refractivity contribution in [3.8, 4) is 11.8 Å². The zero-order valence-electron chi connectivity index (χ0n) is 8.65. The van der Waals surface area contributed by atoms with Gasteiger partial charge in [-0.05, 0) is 25.2 Å². The van der Waals surface area contributed by atoms with Crippen molar-refractivity contribution >= 4 is 5.69 Å². The van der Waals surface area contributed by atoms with Gasteiger partial charge in [-0.2, -0.15) is 13.2 Å².